The molecule has 3 nitrogen and oxygen atoms in total. The summed E-state index contributed by atoms with van der Waals surface area (Å²) >= 11 is 3.12. The average molecular weight is 362 g/mol. The first-order chi connectivity index (χ1) is 9.82. The van der Waals surface area contributed by atoms with Crippen LogP contribution >= 0.6 is 15.9 Å². The van der Waals surface area contributed by atoms with Crippen molar-refractivity contribution >= 4 is 27.5 Å². The number of rotatable bonds is 3. The molecule has 0 radical (unpaired) electrons. The molecule has 112 valence electrons. The van der Waals surface area contributed by atoms with Crippen molar-refractivity contribution in [1.82, 2.24) is 0 Å². The molecule has 7 heteroatoms. The SMILES string of the molecule is CCc1occc1C(=O)Nc1cc(C(F)(F)F)ccc1Br. The molecular weight excluding hydrogens is 351 g/mol. The van der Waals surface area contributed by atoms with Crippen molar-refractivity contribution < 1.29 is 22.4 Å². The number of nitrogens with one attached hydrogen (secondary N) is 1. The molecule has 2 rings (SSSR count). The van der Waals surface area contributed by atoms with Crippen LogP contribution in [0.5, 0.6) is 0 Å². The number of benzene rings is 1. The van der Waals surface area contributed by atoms with Gasteiger partial charge in [-0.3, -0.25) is 4.79 Å². The lowest BCUT2D eigenvalue weighted by Crippen LogP contribution is -2.14. The molecular formula is C14H11BrF3NO2. The molecule has 0 saturated carbocycles. The molecule has 0 aliphatic rings. The largest absolute Gasteiger partial charge is 0.469 e. The van der Waals surface area contributed by atoms with Crippen LogP contribution in [0.25, 0.3) is 0 Å². The van der Waals surface area contributed by atoms with Crippen LogP contribution in [0, 0.1) is 0 Å². The van der Waals surface area contributed by atoms with Gasteiger partial charge in [0.25, 0.3) is 5.91 Å². The molecule has 0 spiro atoms. The lowest BCUT2D eigenvalue weighted by molar-refractivity contribution is -0.137. The number of alkyl halides is 3. The van der Waals surface area contributed by atoms with Gasteiger partial charge in [-0.2, -0.15) is 13.2 Å². The molecule has 0 unspecified atom stereocenters. The van der Waals surface area contributed by atoms with Gasteiger partial charge in [0, 0.05) is 10.9 Å². The Labute approximate surface area is 127 Å². The molecule has 1 aromatic carbocycles. The van der Waals surface area contributed by atoms with Gasteiger partial charge in [0.2, 0.25) is 0 Å². The summed E-state index contributed by atoms with van der Waals surface area (Å²) in [5.41, 5.74) is -0.469. The third-order valence-electron chi connectivity index (χ3n) is 2.85. The van der Waals surface area contributed by atoms with Gasteiger partial charge in [0.05, 0.1) is 23.1 Å². The minimum atomic E-state index is -4.47. The zero-order valence-corrected chi connectivity index (χ0v) is 12.5. The van der Waals surface area contributed by atoms with Gasteiger partial charge >= 0.3 is 6.18 Å². The number of aryl methyl sites for hydroxylation is 1. The summed E-state index contributed by atoms with van der Waals surface area (Å²) in [6.07, 6.45) is -2.58. The fourth-order valence-electron chi connectivity index (χ4n) is 1.80. The first kappa shape index (κ1) is 15.6. The first-order valence-electron chi connectivity index (χ1n) is 6.07. The summed E-state index contributed by atoms with van der Waals surface area (Å²) in [7, 11) is 0. The van der Waals surface area contributed by atoms with E-state index in [2.05, 4.69) is 21.2 Å². The molecule has 1 amide bonds. The zero-order chi connectivity index (χ0) is 15.6. The van der Waals surface area contributed by atoms with Gasteiger partial charge in [-0.05, 0) is 40.2 Å². The summed E-state index contributed by atoms with van der Waals surface area (Å²) in [4.78, 5) is 12.1. The molecule has 0 bridgehead atoms. The highest BCUT2D eigenvalue weighted by Gasteiger charge is 2.31. The lowest BCUT2D eigenvalue weighted by Gasteiger charge is -2.11. The Morgan fingerprint density at radius 3 is 2.67 bits per heavy atom. The van der Waals surface area contributed by atoms with E-state index >= 15 is 0 Å². The third kappa shape index (κ3) is 3.47. The van der Waals surface area contributed by atoms with E-state index in [0.717, 1.165) is 12.1 Å². The topological polar surface area (TPSA) is 42.2 Å². The minimum absolute atomic E-state index is 0.0538. The van der Waals surface area contributed by atoms with E-state index in [1.54, 1.807) is 0 Å². The maximum atomic E-state index is 12.7. The van der Waals surface area contributed by atoms with E-state index in [-0.39, 0.29) is 5.69 Å². The molecule has 1 aromatic heterocycles. The highest BCUT2D eigenvalue weighted by Crippen LogP contribution is 2.34. The van der Waals surface area contributed by atoms with Crippen LogP contribution in [0.15, 0.2) is 39.4 Å². The number of amides is 1. The van der Waals surface area contributed by atoms with Gasteiger partial charge in [-0.25, -0.2) is 0 Å². The summed E-state index contributed by atoms with van der Waals surface area (Å²) < 4.78 is 43.6. The van der Waals surface area contributed by atoms with E-state index in [1.165, 1.54) is 18.4 Å². The predicted molar refractivity (Wildman–Crippen MR) is 75.2 cm³/mol. The van der Waals surface area contributed by atoms with E-state index in [4.69, 9.17) is 4.42 Å². The Bertz CT molecular complexity index is 664. The molecule has 0 atom stereocenters. The van der Waals surface area contributed by atoms with Crippen molar-refractivity contribution in [1.29, 1.82) is 0 Å². The number of hydrogen-bond acceptors (Lipinski definition) is 2. The molecule has 0 aliphatic heterocycles. The van der Waals surface area contributed by atoms with Crippen LogP contribution in [0.3, 0.4) is 0 Å². The van der Waals surface area contributed by atoms with Crippen molar-refractivity contribution in [3.63, 3.8) is 0 Å². The fourth-order valence-corrected chi connectivity index (χ4v) is 2.15. The van der Waals surface area contributed by atoms with Crippen molar-refractivity contribution in [3.8, 4) is 0 Å². The van der Waals surface area contributed by atoms with E-state index in [1.807, 2.05) is 6.92 Å². The van der Waals surface area contributed by atoms with E-state index < -0.39 is 17.6 Å². The van der Waals surface area contributed by atoms with E-state index in [0.29, 0.717) is 22.2 Å². The van der Waals surface area contributed by atoms with Crippen molar-refractivity contribution in [3.05, 3.63) is 51.9 Å². The second kappa shape index (κ2) is 5.93. The number of carbonyl (C=O) groups excluding carboxylic acids is 1. The predicted octanol–water partition coefficient (Wildman–Crippen LogP) is 4.88. The first-order valence-corrected chi connectivity index (χ1v) is 6.86. The molecule has 1 N–H and O–H groups in total. The van der Waals surface area contributed by atoms with Gasteiger partial charge < -0.3 is 9.73 Å². The smallest absolute Gasteiger partial charge is 0.416 e. The average Bonchev–Trinajstić information content (AvgIpc) is 2.88. The van der Waals surface area contributed by atoms with E-state index in [9.17, 15) is 18.0 Å². The Balaban J connectivity index is 2.29. The van der Waals surface area contributed by atoms with Gasteiger partial charge in [0.1, 0.15) is 5.76 Å². The number of anilines is 1. The Morgan fingerprint density at radius 1 is 1.33 bits per heavy atom. The van der Waals surface area contributed by atoms with Gasteiger partial charge in [-0.1, -0.05) is 6.92 Å². The zero-order valence-electron chi connectivity index (χ0n) is 10.9. The fraction of sp³-hybridized carbons (Fsp3) is 0.214. The van der Waals surface area contributed by atoms with Crippen molar-refractivity contribution in [2.75, 3.05) is 5.32 Å². The summed E-state index contributed by atoms with van der Waals surface area (Å²) in [6.45, 7) is 1.82. The summed E-state index contributed by atoms with van der Waals surface area (Å²) in [5, 5.41) is 2.45. The maximum Gasteiger partial charge on any atom is 0.416 e. The van der Waals surface area contributed by atoms with Crippen molar-refractivity contribution in [2.24, 2.45) is 0 Å². The molecule has 2 aromatic rings. The summed E-state index contributed by atoms with van der Waals surface area (Å²) in [5.74, 6) is -0.0313. The normalized spacial score (nSPS) is 11.5. The number of halogens is 4. The lowest BCUT2D eigenvalue weighted by atomic mass is 10.1. The van der Waals surface area contributed by atoms with Crippen LogP contribution in [-0.2, 0) is 12.6 Å². The van der Waals surface area contributed by atoms with Crippen LogP contribution in [0.2, 0.25) is 0 Å². The highest BCUT2D eigenvalue weighted by atomic mass is 79.9. The quantitative estimate of drug-likeness (QED) is 0.846. The molecule has 0 aliphatic carbocycles. The highest BCUT2D eigenvalue weighted by molar-refractivity contribution is 9.10. The number of furan rings is 1. The number of hydrogen-bond donors (Lipinski definition) is 1. The van der Waals surface area contributed by atoms with Crippen LogP contribution < -0.4 is 5.32 Å². The Kier molecular flexibility index (Phi) is 4.41. The monoisotopic (exact) mass is 361 g/mol. The van der Waals surface area contributed by atoms with Crippen molar-refractivity contribution in [2.45, 2.75) is 19.5 Å². The molecule has 0 fully saturated rings. The second-order valence-corrected chi connectivity index (χ2v) is 5.11. The second-order valence-electron chi connectivity index (χ2n) is 4.26. The number of carbonyl (C=O) groups is 1. The Hall–Kier alpha value is -1.76. The molecule has 0 saturated heterocycles. The molecule has 21 heavy (non-hydrogen) atoms. The maximum absolute atomic E-state index is 12.7. The van der Waals surface area contributed by atoms with Crippen LogP contribution in [-0.4, -0.2) is 5.91 Å². The third-order valence-corrected chi connectivity index (χ3v) is 3.54. The molecule has 1 heterocycles. The standard InChI is InChI=1S/C14H11BrF3NO2/c1-2-12-9(5-6-21-12)13(20)19-11-7-8(14(16,17)18)3-4-10(11)15/h3-7H,2H2,1H3,(H,19,20). The van der Waals surface area contributed by atoms with Gasteiger partial charge in [0.15, 0.2) is 0 Å². The summed E-state index contributed by atoms with van der Waals surface area (Å²) in [6, 6.07) is 4.55. The Morgan fingerprint density at radius 2 is 2.05 bits per heavy atom. The van der Waals surface area contributed by atoms with Crippen LogP contribution in [0.4, 0.5) is 18.9 Å². The van der Waals surface area contributed by atoms with Crippen LogP contribution in [0.1, 0.15) is 28.6 Å². The van der Waals surface area contributed by atoms with Gasteiger partial charge in [-0.15, -0.1) is 0 Å². The minimum Gasteiger partial charge on any atom is -0.469 e.